The average molecular weight is 360 g/mol. The summed E-state index contributed by atoms with van der Waals surface area (Å²) in [7, 11) is 1.99. The molecule has 1 aliphatic carbocycles. The molecule has 5 nitrogen and oxygen atoms in total. The summed E-state index contributed by atoms with van der Waals surface area (Å²) in [4.78, 5) is 14.7. The highest BCUT2D eigenvalue weighted by atomic mass is 16.3. The second-order valence-corrected chi connectivity index (χ2v) is 8.22. The van der Waals surface area contributed by atoms with Crippen LogP contribution < -0.4 is 10.6 Å². The Morgan fingerprint density at radius 2 is 1.88 bits per heavy atom. The minimum Gasteiger partial charge on any atom is -0.393 e. The normalized spacial score (nSPS) is 24.9. The average Bonchev–Trinajstić information content (AvgIpc) is 2.60. The number of hydrogen-bond donors (Lipinski definition) is 3. The van der Waals surface area contributed by atoms with Crippen molar-refractivity contribution in [3.8, 4) is 0 Å². The van der Waals surface area contributed by atoms with Gasteiger partial charge in [0, 0.05) is 12.6 Å². The molecule has 1 aliphatic heterocycles. The van der Waals surface area contributed by atoms with Gasteiger partial charge in [0.25, 0.3) is 0 Å². The van der Waals surface area contributed by atoms with Gasteiger partial charge in [-0.2, -0.15) is 0 Å². The zero-order valence-corrected chi connectivity index (χ0v) is 16.1. The van der Waals surface area contributed by atoms with E-state index in [1.807, 2.05) is 7.05 Å². The number of benzene rings is 1. The van der Waals surface area contributed by atoms with Crippen LogP contribution in [0, 0.1) is 18.8 Å². The molecule has 1 amide bonds. The van der Waals surface area contributed by atoms with Crippen LogP contribution in [-0.4, -0.2) is 54.7 Å². The molecule has 2 fully saturated rings. The van der Waals surface area contributed by atoms with Crippen molar-refractivity contribution in [1.29, 1.82) is 0 Å². The van der Waals surface area contributed by atoms with E-state index in [0.29, 0.717) is 18.4 Å². The number of hydrogen-bond acceptors (Lipinski definition) is 4. The molecule has 0 bridgehead atoms. The van der Waals surface area contributed by atoms with Crippen molar-refractivity contribution in [1.82, 2.24) is 15.5 Å². The van der Waals surface area contributed by atoms with Gasteiger partial charge in [0.1, 0.15) is 0 Å². The van der Waals surface area contributed by atoms with Crippen molar-refractivity contribution >= 4 is 5.91 Å². The molecule has 1 aromatic carbocycles. The Bertz CT molecular complexity index is 577. The maximum atomic E-state index is 12.6. The number of piperidine rings is 1. The molecule has 3 N–H and O–H groups in total. The fraction of sp³-hybridized carbons (Fsp3) is 0.667. The van der Waals surface area contributed by atoms with Crippen molar-refractivity contribution < 1.29 is 9.90 Å². The summed E-state index contributed by atoms with van der Waals surface area (Å²) in [5.41, 5.74) is 2.48. The Morgan fingerprint density at radius 3 is 2.50 bits per heavy atom. The largest absolute Gasteiger partial charge is 0.393 e. The second-order valence-electron chi connectivity index (χ2n) is 8.22. The van der Waals surface area contributed by atoms with Gasteiger partial charge in [-0.3, -0.25) is 9.69 Å². The molecule has 1 saturated carbocycles. The summed E-state index contributed by atoms with van der Waals surface area (Å²) < 4.78 is 0. The van der Waals surface area contributed by atoms with Gasteiger partial charge in [0.05, 0.1) is 12.6 Å². The topological polar surface area (TPSA) is 64.6 Å². The molecule has 5 heteroatoms. The van der Waals surface area contributed by atoms with Crippen LogP contribution in [0.5, 0.6) is 0 Å². The summed E-state index contributed by atoms with van der Waals surface area (Å²) in [5, 5.41) is 16.4. The van der Waals surface area contributed by atoms with E-state index in [9.17, 15) is 9.90 Å². The lowest BCUT2D eigenvalue weighted by Crippen LogP contribution is -2.54. The van der Waals surface area contributed by atoms with E-state index in [1.54, 1.807) is 0 Å². The first kappa shape index (κ1) is 19.3. The molecule has 3 rings (SSSR count). The minimum atomic E-state index is -0.176. The maximum Gasteiger partial charge on any atom is 0.234 e. The molecule has 1 atom stereocenters. The number of carbonyl (C=O) groups excluding carboxylic acids is 1. The Morgan fingerprint density at radius 1 is 1.23 bits per heavy atom. The quantitative estimate of drug-likeness (QED) is 0.693. The summed E-state index contributed by atoms with van der Waals surface area (Å²) >= 11 is 0. The monoisotopic (exact) mass is 359 g/mol. The highest BCUT2D eigenvalue weighted by Gasteiger charge is 2.39. The molecule has 1 saturated heterocycles. The number of aliphatic hydroxyl groups is 1. The van der Waals surface area contributed by atoms with Crippen molar-refractivity contribution in [3.63, 3.8) is 0 Å². The molecule has 0 spiro atoms. The Labute approximate surface area is 157 Å². The number of nitrogens with zero attached hydrogens (tertiary/aromatic N) is 1. The van der Waals surface area contributed by atoms with Crippen molar-refractivity contribution in [3.05, 3.63) is 35.4 Å². The molecule has 1 aromatic rings. The highest BCUT2D eigenvalue weighted by Crippen LogP contribution is 2.35. The lowest BCUT2D eigenvalue weighted by molar-refractivity contribution is -0.124. The summed E-state index contributed by atoms with van der Waals surface area (Å²) in [5.74, 6) is 1.06. The van der Waals surface area contributed by atoms with Gasteiger partial charge in [-0.05, 0) is 70.1 Å². The van der Waals surface area contributed by atoms with E-state index in [1.165, 1.54) is 11.1 Å². The number of likely N-dealkylation sites (N-methyl/N-ethyl adjacent to an activating group) is 1. The van der Waals surface area contributed by atoms with Gasteiger partial charge in [-0.15, -0.1) is 0 Å². The van der Waals surface area contributed by atoms with E-state index in [0.717, 1.165) is 45.3 Å². The van der Waals surface area contributed by atoms with E-state index in [4.69, 9.17) is 0 Å². The third-order valence-corrected chi connectivity index (χ3v) is 5.86. The van der Waals surface area contributed by atoms with Crippen molar-refractivity contribution in [2.75, 3.05) is 26.7 Å². The lowest BCUT2D eigenvalue weighted by atomic mass is 9.71. The molecule has 0 radical (unpaired) electrons. The predicted octanol–water partition coefficient (Wildman–Crippen LogP) is 1.68. The van der Waals surface area contributed by atoms with Gasteiger partial charge in [0.15, 0.2) is 0 Å². The molecule has 144 valence electrons. The number of aliphatic hydroxyl groups excluding tert-OH is 1. The first-order valence-corrected chi connectivity index (χ1v) is 9.93. The van der Waals surface area contributed by atoms with Crippen LogP contribution in [-0.2, 0) is 11.3 Å². The lowest BCUT2D eigenvalue weighted by Gasteiger charge is -2.43. The molecular weight excluding hydrogens is 326 g/mol. The third kappa shape index (κ3) is 5.29. The predicted molar refractivity (Wildman–Crippen MR) is 104 cm³/mol. The van der Waals surface area contributed by atoms with Gasteiger partial charge in [-0.1, -0.05) is 29.8 Å². The standard InChI is InChI=1S/C21H33N3O2/c1-15-3-5-16(6-4-15)13-24(2)14-20(26)23-21(18-11-19(25)12-18)17-7-9-22-10-8-17/h3-6,17-19,21-22,25H,7-14H2,1-2H3,(H,23,26). The van der Waals surface area contributed by atoms with E-state index >= 15 is 0 Å². The van der Waals surface area contributed by atoms with Crippen molar-refractivity contribution in [2.24, 2.45) is 11.8 Å². The Balaban J connectivity index is 1.52. The number of amides is 1. The van der Waals surface area contributed by atoms with Gasteiger partial charge in [-0.25, -0.2) is 0 Å². The molecular formula is C21H33N3O2. The summed E-state index contributed by atoms with van der Waals surface area (Å²) in [6.45, 7) is 5.32. The fourth-order valence-electron chi connectivity index (χ4n) is 4.28. The smallest absolute Gasteiger partial charge is 0.234 e. The Hall–Kier alpha value is -1.43. The van der Waals surface area contributed by atoms with Crippen LogP contribution in [0.25, 0.3) is 0 Å². The minimum absolute atomic E-state index is 0.101. The molecule has 1 heterocycles. The second kappa shape index (κ2) is 8.98. The zero-order chi connectivity index (χ0) is 18.5. The summed E-state index contributed by atoms with van der Waals surface area (Å²) in [6.07, 6.45) is 3.70. The number of rotatable bonds is 7. The Kier molecular flexibility index (Phi) is 6.68. The maximum absolute atomic E-state index is 12.6. The number of carbonyl (C=O) groups is 1. The van der Waals surface area contributed by atoms with Crippen LogP contribution in [0.2, 0.25) is 0 Å². The number of aryl methyl sites for hydroxylation is 1. The van der Waals surface area contributed by atoms with Gasteiger partial charge in [0.2, 0.25) is 5.91 Å². The van der Waals surface area contributed by atoms with Gasteiger partial charge < -0.3 is 15.7 Å². The SMILES string of the molecule is Cc1ccc(CN(C)CC(=O)NC(C2CCNCC2)C2CC(O)C2)cc1. The third-order valence-electron chi connectivity index (χ3n) is 5.86. The van der Waals surface area contributed by atoms with Crippen LogP contribution in [0.15, 0.2) is 24.3 Å². The zero-order valence-electron chi connectivity index (χ0n) is 16.1. The summed E-state index contributed by atoms with van der Waals surface area (Å²) in [6, 6.07) is 8.67. The van der Waals surface area contributed by atoms with Gasteiger partial charge >= 0.3 is 0 Å². The molecule has 1 unspecified atom stereocenters. The van der Waals surface area contributed by atoms with Crippen molar-refractivity contribution in [2.45, 2.75) is 51.3 Å². The molecule has 2 aliphatic rings. The van der Waals surface area contributed by atoms with Crippen LogP contribution in [0.3, 0.4) is 0 Å². The molecule has 0 aromatic heterocycles. The molecule has 26 heavy (non-hydrogen) atoms. The highest BCUT2D eigenvalue weighted by molar-refractivity contribution is 5.78. The first-order valence-electron chi connectivity index (χ1n) is 9.93. The van der Waals surface area contributed by atoms with E-state index in [-0.39, 0.29) is 18.1 Å². The van der Waals surface area contributed by atoms with Crippen LogP contribution in [0.1, 0.15) is 36.8 Å². The van der Waals surface area contributed by atoms with Crippen LogP contribution >= 0.6 is 0 Å². The van der Waals surface area contributed by atoms with E-state index in [2.05, 4.69) is 46.7 Å². The fourth-order valence-corrected chi connectivity index (χ4v) is 4.28. The van der Waals surface area contributed by atoms with Crippen LogP contribution in [0.4, 0.5) is 0 Å². The first-order chi connectivity index (χ1) is 12.5. The van der Waals surface area contributed by atoms with E-state index < -0.39 is 0 Å². The number of nitrogens with one attached hydrogen (secondary N) is 2.